The van der Waals surface area contributed by atoms with Crippen LogP contribution in [0.4, 0.5) is 5.69 Å². The van der Waals surface area contributed by atoms with Crippen LogP contribution in [0.1, 0.15) is 42.6 Å². The summed E-state index contributed by atoms with van der Waals surface area (Å²) < 4.78 is 10.5. The summed E-state index contributed by atoms with van der Waals surface area (Å²) in [5, 5.41) is 2.94. The number of methoxy groups -OCH3 is 2. The molecule has 0 aliphatic rings. The van der Waals surface area contributed by atoms with Gasteiger partial charge in [0.05, 0.1) is 31.7 Å². The van der Waals surface area contributed by atoms with Crippen molar-refractivity contribution in [2.75, 3.05) is 32.2 Å². The van der Waals surface area contributed by atoms with Crippen molar-refractivity contribution in [2.45, 2.75) is 33.2 Å². The Morgan fingerprint density at radius 3 is 2.37 bits per heavy atom. The summed E-state index contributed by atoms with van der Waals surface area (Å²) in [4.78, 5) is 19.1. The van der Waals surface area contributed by atoms with Crippen molar-refractivity contribution in [3.63, 3.8) is 0 Å². The summed E-state index contributed by atoms with van der Waals surface area (Å²) in [6.07, 6.45) is 5.52. The number of carbonyl (C=O) groups excluding carboxylic acids is 1. The van der Waals surface area contributed by atoms with E-state index in [4.69, 9.17) is 9.47 Å². The number of nitrogens with zero attached hydrogens (tertiary/aromatic N) is 2. The van der Waals surface area contributed by atoms with Crippen molar-refractivity contribution in [2.24, 2.45) is 0 Å². The molecule has 0 spiro atoms. The average Bonchev–Trinajstić information content (AvgIpc) is 2.71. The minimum absolute atomic E-state index is 0.146. The third-order valence-corrected chi connectivity index (χ3v) is 4.24. The number of nitrogens with one attached hydrogen (secondary N) is 1. The zero-order valence-corrected chi connectivity index (χ0v) is 16.6. The summed E-state index contributed by atoms with van der Waals surface area (Å²) >= 11 is 0. The highest BCUT2D eigenvalue weighted by Gasteiger charge is 2.11. The fourth-order valence-electron chi connectivity index (χ4n) is 2.91. The van der Waals surface area contributed by atoms with E-state index >= 15 is 0 Å². The monoisotopic (exact) mass is 371 g/mol. The number of pyridine rings is 1. The van der Waals surface area contributed by atoms with Crippen LogP contribution in [0.25, 0.3) is 0 Å². The Balaban J connectivity index is 2.06. The molecule has 1 N–H and O–H groups in total. The van der Waals surface area contributed by atoms with Crippen molar-refractivity contribution >= 4 is 11.6 Å². The zero-order chi connectivity index (χ0) is 19.6. The average molecular weight is 371 g/mol. The van der Waals surface area contributed by atoms with Gasteiger partial charge in [-0.1, -0.05) is 19.9 Å². The number of ether oxygens (including phenoxy) is 2. The van der Waals surface area contributed by atoms with Gasteiger partial charge in [0.2, 0.25) is 0 Å². The van der Waals surface area contributed by atoms with E-state index in [1.807, 2.05) is 30.5 Å². The van der Waals surface area contributed by atoms with Gasteiger partial charge in [-0.05, 0) is 36.6 Å². The smallest absolute Gasteiger partial charge is 0.253 e. The normalized spacial score (nSPS) is 10.4. The quantitative estimate of drug-likeness (QED) is 0.691. The van der Waals surface area contributed by atoms with E-state index in [9.17, 15) is 4.79 Å². The van der Waals surface area contributed by atoms with E-state index in [1.54, 1.807) is 20.4 Å². The van der Waals surface area contributed by atoms with Gasteiger partial charge in [-0.15, -0.1) is 0 Å². The molecule has 6 nitrogen and oxygen atoms in total. The molecule has 27 heavy (non-hydrogen) atoms. The van der Waals surface area contributed by atoms with Crippen LogP contribution in [0.3, 0.4) is 0 Å². The molecular formula is C21H29N3O3. The van der Waals surface area contributed by atoms with E-state index < -0.39 is 0 Å². The number of rotatable bonds is 10. The van der Waals surface area contributed by atoms with E-state index in [2.05, 4.69) is 29.0 Å². The highest BCUT2D eigenvalue weighted by atomic mass is 16.5. The largest absolute Gasteiger partial charge is 0.493 e. The molecule has 0 aliphatic heterocycles. The van der Waals surface area contributed by atoms with E-state index in [0.29, 0.717) is 23.6 Å². The molecule has 0 unspecified atom stereocenters. The molecule has 0 saturated heterocycles. The number of hydrogen-bond acceptors (Lipinski definition) is 5. The van der Waals surface area contributed by atoms with Gasteiger partial charge >= 0.3 is 0 Å². The lowest BCUT2D eigenvalue weighted by Gasteiger charge is -2.23. The summed E-state index contributed by atoms with van der Waals surface area (Å²) in [5.41, 5.74) is 2.48. The van der Waals surface area contributed by atoms with Crippen LogP contribution in [0.2, 0.25) is 0 Å². The maximum absolute atomic E-state index is 12.6. The molecule has 6 heteroatoms. The standard InChI is InChI=1S/C21H29N3O3/c1-5-9-24(10-6-2)18-12-17(14-22-15-18)21(25)23-13-16-7-8-19(26-3)20(11-16)27-4/h7-8,11-12,14-15H,5-6,9-10,13H2,1-4H3,(H,23,25). The second kappa shape index (κ2) is 10.4. The van der Waals surface area contributed by atoms with Gasteiger partial charge in [0, 0.05) is 25.8 Å². The highest BCUT2D eigenvalue weighted by Crippen LogP contribution is 2.27. The van der Waals surface area contributed by atoms with Crippen LogP contribution in [-0.2, 0) is 6.54 Å². The first kappa shape index (κ1) is 20.6. The van der Waals surface area contributed by atoms with Gasteiger partial charge in [-0.25, -0.2) is 0 Å². The molecule has 0 radical (unpaired) electrons. The van der Waals surface area contributed by atoms with Crippen molar-refractivity contribution < 1.29 is 14.3 Å². The molecule has 1 aromatic carbocycles. The Morgan fingerprint density at radius 1 is 1.04 bits per heavy atom. The van der Waals surface area contributed by atoms with Gasteiger partial charge in [-0.3, -0.25) is 9.78 Å². The molecule has 0 saturated carbocycles. The summed E-state index contributed by atoms with van der Waals surface area (Å²) in [6, 6.07) is 7.50. The molecule has 1 heterocycles. The Labute approximate surface area is 161 Å². The van der Waals surface area contributed by atoms with Crippen molar-refractivity contribution in [1.29, 1.82) is 0 Å². The second-order valence-electron chi connectivity index (χ2n) is 6.29. The molecular weight excluding hydrogens is 342 g/mol. The van der Waals surface area contributed by atoms with E-state index in [0.717, 1.165) is 37.2 Å². The van der Waals surface area contributed by atoms with Gasteiger partial charge in [-0.2, -0.15) is 0 Å². The van der Waals surface area contributed by atoms with Crippen molar-refractivity contribution in [3.8, 4) is 11.5 Å². The van der Waals surface area contributed by atoms with Gasteiger partial charge in [0.15, 0.2) is 11.5 Å². The summed E-state index contributed by atoms with van der Waals surface area (Å²) in [5.74, 6) is 1.16. The van der Waals surface area contributed by atoms with Crippen LogP contribution in [-0.4, -0.2) is 38.2 Å². The molecule has 1 amide bonds. The van der Waals surface area contributed by atoms with Crippen LogP contribution in [0, 0.1) is 0 Å². The first-order chi connectivity index (χ1) is 13.1. The molecule has 2 rings (SSSR count). The molecule has 0 atom stereocenters. The molecule has 146 valence electrons. The minimum Gasteiger partial charge on any atom is -0.493 e. The molecule has 0 fully saturated rings. The fraction of sp³-hybridized carbons (Fsp3) is 0.429. The lowest BCUT2D eigenvalue weighted by atomic mass is 10.2. The number of aromatic nitrogens is 1. The Bertz CT molecular complexity index is 743. The molecule has 0 aliphatic carbocycles. The zero-order valence-electron chi connectivity index (χ0n) is 16.6. The van der Waals surface area contributed by atoms with Crippen LogP contribution in [0.5, 0.6) is 11.5 Å². The second-order valence-corrected chi connectivity index (χ2v) is 6.29. The number of anilines is 1. The van der Waals surface area contributed by atoms with Gasteiger partial charge in [0.25, 0.3) is 5.91 Å². The first-order valence-electron chi connectivity index (χ1n) is 9.32. The molecule has 0 bridgehead atoms. The number of carbonyl (C=O) groups is 1. The SMILES string of the molecule is CCCN(CCC)c1cncc(C(=O)NCc2ccc(OC)c(OC)c2)c1. The Hall–Kier alpha value is -2.76. The topological polar surface area (TPSA) is 63.7 Å². The molecule has 2 aromatic rings. The lowest BCUT2D eigenvalue weighted by molar-refractivity contribution is 0.0950. The molecule has 1 aromatic heterocycles. The van der Waals surface area contributed by atoms with Crippen molar-refractivity contribution in [3.05, 3.63) is 47.8 Å². The maximum atomic E-state index is 12.6. The first-order valence-corrected chi connectivity index (χ1v) is 9.32. The summed E-state index contributed by atoms with van der Waals surface area (Å²) in [7, 11) is 3.19. The van der Waals surface area contributed by atoms with E-state index in [1.165, 1.54) is 0 Å². The summed E-state index contributed by atoms with van der Waals surface area (Å²) in [6.45, 7) is 6.60. The fourth-order valence-corrected chi connectivity index (χ4v) is 2.91. The van der Waals surface area contributed by atoms with Gasteiger partial charge < -0.3 is 19.7 Å². The van der Waals surface area contributed by atoms with Gasteiger partial charge in [0.1, 0.15) is 0 Å². The Morgan fingerprint density at radius 2 is 1.74 bits per heavy atom. The van der Waals surface area contributed by atoms with E-state index in [-0.39, 0.29) is 5.91 Å². The number of hydrogen-bond donors (Lipinski definition) is 1. The highest BCUT2D eigenvalue weighted by molar-refractivity contribution is 5.94. The number of amides is 1. The third-order valence-electron chi connectivity index (χ3n) is 4.24. The maximum Gasteiger partial charge on any atom is 0.253 e. The lowest BCUT2D eigenvalue weighted by Crippen LogP contribution is -2.26. The Kier molecular flexibility index (Phi) is 7.92. The van der Waals surface area contributed by atoms with Crippen LogP contribution >= 0.6 is 0 Å². The third kappa shape index (κ3) is 5.61. The predicted octanol–water partition coefficient (Wildman–Crippen LogP) is 3.66. The number of benzene rings is 1. The van der Waals surface area contributed by atoms with Crippen LogP contribution < -0.4 is 19.7 Å². The predicted molar refractivity (Wildman–Crippen MR) is 108 cm³/mol. The van der Waals surface area contributed by atoms with Crippen molar-refractivity contribution in [1.82, 2.24) is 10.3 Å². The van der Waals surface area contributed by atoms with Crippen LogP contribution in [0.15, 0.2) is 36.7 Å². The minimum atomic E-state index is -0.146.